The Morgan fingerprint density at radius 2 is 1.93 bits per heavy atom. The molecule has 0 N–H and O–H groups in total. The molecule has 2 amide bonds. The lowest BCUT2D eigenvalue weighted by Gasteiger charge is -2.40. The molecular weight excluding hydrogens is 401 g/mol. The molecule has 0 radical (unpaired) electrons. The first kappa shape index (κ1) is 20.2. The van der Waals surface area contributed by atoms with Crippen LogP contribution >= 0.6 is 0 Å². The van der Waals surface area contributed by atoms with Crippen molar-refractivity contribution in [3.05, 3.63) is 30.6 Å². The Morgan fingerprint density at radius 3 is 2.57 bits per heavy atom. The zero-order valence-electron chi connectivity index (χ0n) is 16.5. The van der Waals surface area contributed by atoms with Crippen molar-refractivity contribution in [2.75, 3.05) is 23.0 Å². The van der Waals surface area contributed by atoms with Gasteiger partial charge in [-0.25, -0.2) is 4.79 Å². The third-order valence-corrected chi connectivity index (χ3v) is 5.19. The number of hydrogen-bond acceptors (Lipinski definition) is 4. The van der Waals surface area contributed by atoms with Gasteiger partial charge in [0.05, 0.1) is 29.7 Å². The minimum atomic E-state index is -4.62. The predicted molar refractivity (Wildman–Crippen MR) is 103 cm³/mol. The van der Waals surface area contributed by atoms with Crippen molar-refractivity contribution >= 4 is 23.4 Å². The van der Waals surface area contributed by atoms with Gasteiger partial charge >= 0.3 is 12.3 Å². The first-order chi connectivity index (χ1) is 14.1. The number of ether oxygens (including phenoxy) is 1. The number of aromatic nitrogens is 2. The number of alkyl halides is 3. The number of carbonyl (C=O) groups excluding carboxylic acids is 2. The van der Waals surface area contributed by atoms with Crippen LogP contribution < -0.4 is 9.80 Å². The summed E-state index contributed by atoms with van der Waals surface area (Å²) in [4.78, 5) is 27.3. The van der Waals surface area contributed by atoms with Crippen molar-refractivity contribution in [2.45, 2.75) is 44.9 Å². The van der Waals surface area contributed by atoms with Crippen LogP contribution in [-0.2, 0) is 9.53 Å². The molecule has 0 spiro atoms. The van der Waals surface area contributed by atoms with E-state index in [9.17, 15) is 22.8 Å². The van der Waals surface area contributed by atoms with Crippen molar-refractivity contribution in [1.29, 1.82) is 0 Å². The fraction of sp³-hybridized carbons (Fsp3) is 0.450. The van der Waals surface area contributed by atoms with Crippen molar-refractivity contribution in [2.24, 2.45) is 0 Å². The highest BCUT2D eigenvalue weighted by molar-refractivity contribution is 6.03. The van der Waals surface area contributed by atoms with Crippen LogP contribution in [0.5, 0.6) is 0 Å². The molecule has 2 aromatic rings. The van der Waals surface area contributed by atoms with Gasteiger partial charge in [0.2, 0.25) is 5.91 Å². The minimum Gasteiger partial charge on any atom is -0.439 e. The quantitative estimate of drug-likeness (QED) is 0.746. The summed E-state index contributed by atoms with van der Waals surface area (Å²) in [6.45, 7) is 1.48. The summed E-state index contributed by atoms with van der Waals surface area (Å²) in [5.74, 6) is -0.221. The molecule has 1 aromatic heterocycles. The van der Waals surface area contributed by atoms with Gasteiger partial charge in [0.1, 0.15) is 0 Å². The number of rotatable bonds is 3. The smallest absolute Gasteiger partial charge is 0.422 e. The van der Waals surface area contributed by atoms with Crippen molar-refractivity contribution in [3.63, 3.8) is 0 Å². The average Bonchev–Trinajstić information content (AvgIpc) is 3.41. The minimum absolute atomic E-state index is 0.0219. The molecule has 30 heavy (non-hydrogen) atoms. The van der Waals surface area contributed by atoms with E-state index >= 15 is 0 Å². The van der Waals surface area contributed by atoms with Gasteiger partial charge in [-0.05, 0) is 37.5 Å². The molecule has 1 aromatic carbocycles. The molecule has 1 saturated carbocycles. The highest BCUT2D eigenvalue weighted by atomic mass is 19.4. The standard InChI is InChI=1S/C20H21F3N4O3/c1-12-9-25(19(29)30-11-20(21,22)23)18-7-14(3-6-17(18)27(12)13(2)28)15-8-24-26(10-15)16-4-5-16/h3,6-8,10,12,16H,4-5,9,11H2,1-2H3. The van der Waals surface area contributed by atoms with Crippen molar-refractivity contribution < 1.29 is 27.5 Å². The van der Waals surface area contributed by atoms with E-state index < -0.39 is 24.9 Å². The van der Waals surface area contributed by atoms with Crippen LogP contribution in [-0.4, -0.2) is 47.2 Å². The zero-order chi connectivity index (χ0) is 21.6. The summed E-state index contributed by atoms with van der Waals surface area (Å²) in [6, 6.07) is 5.16. The largest absolute Gasteiger partial charge is 0.439 e. The van der Waals surface area contributed by atoms with Crippen LogP contribution in [0.2, 0.25) is 0 Å². The molecule has 0 saturated heterocycles. The van der Waals surface area contributed by atoms with E-state index in [1.807, 2.05) is 10.9 Å². The van der Waals surface area contributed by atoms with Gasteiger partial charge in [0, 0.05) is 25.2 Å². The van der Waals surface area contributed by atoms with Crippen LogP contribution in [0.1, 0.15) is 32.7 Å². The summed E-state index contributed by atoms with van der Waals surface area (Å²) in [5.41, 5.74) is 2.34. The second kappa shape index (κ2) is 7.33. The average molecular weight is 422 g/mol. The molecule has 1 unspecified atom stereocenters. The van der Waals surface area contributed by atoms with Crippen LogP contribution in [0.15, 0.2) is 30.6 Å². The number of halogens is 3. The molecule has 1 fully saturated rings. The first-order valence-corrected chi connectivity index (χ1v) is 9.63. The van der Waals surface area contributed by atoms with Gasteiger partial charge in [-0.3, -0.25) is 14.4 Å². The third-order valence-electron chi connectivity index (χ3n) is 5.19. The highest BCUT2D eigenvalue weighted by Crippen LogP contribution is 2.40. The van der Waals surface area contributed by atoms with Gasteiger partial charge in [-0.1, -0.05) is 6.07 Å². The number of hydrogen-bond donors (Lipinski definition) is 0. The van der Waals surface area contributed by atoms with E-state index in [0.29, 0.717) is 17.4 Å². The third kappa shape index (κ3) is 3.99. The van der Waals surface area contributed by atoms with E-state index in [0.717, 1.165) is 28.9 Å². The summed E-state index contributed by atoms with van der Waals surface area (Å²) in [6.07, 6.45) is 0.0466. The Balaban J connectivity index is 1.70. The number of carbonyl (C=O) groups is 2. The van der Waals surface area contributed by atoms with Crippen LogP contribution in [0.4, 0.5) is 29.3 Å². The molecule has 160 valence electrons. The molecule has 2 heterocycles. The second-order valence-electron chi connectivity index (χ2n) is 7.66. The van der Waals surface area contributed by atoms with Gasteiger partial charge < -0.3 is 9.64 Å². The van der Waals surface area contributed by atoms with Gasteiger partial charge in [-0.2, -0.15) is 18.3 Å². The monoisotopic (exact) mass is 422 g/mol. The number of benzene rings is 1. The summed E-state index contributed by atoms with van der Waals surface area (Å²) in [5, 5.41) is 4.35. The summed E-state index contributed by atoms with van der Waals surface area (Å²) >= 11 is 0. The lowest BCUT2D eigenvalue weighted by molar-refractivity contribution is -0.159. The van der Waals surface area contributed by atoms with Gasteiger partial charge in [0.25, 0.3) is 0 Å². The highest BCUT2D eigenvalue weighted by Gasteiger charge is 2.37. The molecular formula is C20H21F3N4O3. The molecule has 1 aliphatic heterocycles. The lowest BCUT2D eigenvalue weighted by atomic mass is 10.0. The summed E-state index contributed by atoms with van der Waals surface area (Å²) < 4.78 is 43.9. The van der Waals surface area contributed by atoms with E-state index in [4.69, 9.17) is 0 Å². The zero-order valence-corrected chi connectivity index (χ0v) is 16.5. The topological polar surface area (TPSA) is 67.7 Å². The van der Waals surface area contributed by atoms with E-state index in [-0.39, 0.29) is 12.5 Å². The van der Waals surface area contributed by atoms with Crippen LogP contribution in [0.25, 0.3) is 11.1 Å². The van der Waals surface area contributed by atoms with E-state index in [1.54, 1.807) is 31.3 Å². The Kier molecular flexibility index (Phi) is 4.95. The maximum atomic E-state index is 12.5. The fourth-order valence-corrected chi connectivity index (χ4v) is 3.70. The number of nitrogens with zero attached hydrogens (tertiary/aromatic N) is 4. The maximum absolute atomic E-state index is 12.5. The van der Waals surface area contributed by atoms with Crippen LogP contribution in [0, 0.1) is 0 Å². The predicted octanol–water partition coefficient (Wildman–Crippen LogP) is 4.15. The Bertz CT molecular complexity index is 984. The number of amides is 2. The molecule has 7 nitrogen and oxygen atoms in total. The molecule has 0 bridgehead atoms. The molecule has 1 aliphatic carbocycles. The summed E-state index contributed by atoms with van der Waals surface area (Å²) in [7, 11) is 0. The maximum Gasteiger partial charge on any atom is 0.422 e. The number of anilines is 2. The van der Waals surface area contributed by atoms with E-state index in [1.165, 1.54) is 11.8 Å². The Morgan fingerprint density at radius 1 is 1.20 bits per heavy atom. The molecule has 2 aliphatic rings. The van der Waals surface area contributed by atoms with E-state index in [2.05, 4.69) is 9.84 Å². The lowest BCUT2D eigenvalue weighted by Crippen LogP contribution is -2.51. The Hall–Kier alpha value is -3.04. The normalized spacial score (nSPS) is 18.9. The van der Waals surface area contributed by atoms with Gasteiger partial charge in [0.15, 0.2) is 6.61 Å². The SMILES string of the molecule is CC(=O)N1c2ccc(-c3cnn(C4CC4)c3)cc2N(C(=O)OCC(F)(F)F)CC1C. The first-order valence-electron chi connectivity index (χ1n) is 9.63. The second-order valence-corrected chi connectivity index (χ2v) is 7.66. The van der Waals surface area contributed by atoms with Crippen molar-refractivity contribution in [1.82, 2.24) is 9.78 Å². The van der Waals surface area contributed by atoms with Crippen molar-refractivity contribution in [3.8, 4) is 11.1 Å². The van der Waals surface area contributed by atoms with Crippen LogP contribution in [0.3, 0.4) is 0 Å². The number of fused-ring (bicyclic) bond motifs is 1. The molecule has 4 rings (SSSR count). The fourth-order valence-electron chi connectivity index (χ4n) is 3.70. The molecule has 1 atom stereocenters. The molecule has 10 heteroatoms. The Labute approximate surface area is 171 Å². The van der Waals surface area contributed by atoms with Gasteiger partial charge in [-0.15, -0.1) is 0 Å².